The van der Waals surface area contributed by atoms with Crippen LogP contribution in [0.4, 0.5) is 87.8 Å². The van der Waals surface area contributed by atoms with Crippen LogP contribution in [-0.2, 0) is 20.4 Å². The van der Waals surface area contributed by atoms with E-state index in [0.29, 0.717) is 26.4 Å². The van der Waals surface area contributed by atoms with Gasteiger partial charge in [0.2, 0.25) is 4.90 Å². The van der Waals surface area contributed by atoms with Crippen LogP contribution in [-0.4, -0.2) is 39.7 Å². The second-order valence-electron chi connectivity index (χ2n) is 14.6. The summed E-state index contributed by atoms with van der Waals surface area (Å²) in [6, 6.07) is 29.5. The van der Waals surface area contributed by atoms with Gasteiger partial charge in [0.05, 0.1) is 19.8 Å². The summed E-state index contributed by atoms with van der Waals surface area (Å²) in [5.41, 5.74) is -14.3. The van der Waals surface area contributed by atoms with Crippen molar-refractivity contribution in [2.75, 3.05) is 33.5 Å². The molecule has 0 fully saturated rings. The van der Waals surface area contributed by atoms with Crippen molar-refractivity contribution in [2.24, 2.45) is 0 Å². The molecule has 0 saturated heterocycles. The van der Waals surface area contributed by atoms with Crippen LogP contribution in [0.2, 0.25) is 0 Å². The molecule has 0 bridgehead atoms. The Morgan fingerprint density at radius 1 is 0.319 bits per heavy atom. The molecule has 0 amide bonds. The predicted octanol–water partition coefficient (Wildman–Crippen LogP) is 10.7. The second kappa shape index (κ2) is 22.4. The van der Waals surface area contributed by atoms with Crippen molar-refractivity contribution in [3.8, 4) is 5.75 Å². The molecule has 3 nitrogen and oxygen atoms in total. The summed E-state index contributed by atoms with van der Waals surface area (Å²) in [6.45, 7) is 2.24. The van der Waals surface area contributed by atoms with Gasteiger partial charge in [0.25, 0.3) is 0 Å². The molecular formula is C47H25BF20O3S. The fraction of sp³-hybridized carbons (Fsp3) is 0.106. The average molecular weight is 1060 g/mol. The van der Waals surface area contributed by atoms with Crippen molar-refractivity contribution < 1.29 is 102 Å². The van der Waals surface area contributed by atoms with E-state index in [9.17, 15) is 52.7 Å². The predicted molar refractivity (Wildman–Crippen MR) is 219 cm³/mol. The van der Waals surface area contributed by atoms with Crippen molar-refractivity contribution in [2.45, 2.75) is 14.7 Å². The van der Waals surface area contributed by atoms with E-state index in [0.717, 1.165) is 5.75 Å². The lowest BCUT2D eigenvalue weighted by Gasteiger charge is -2.44. The third-order valence-corrected chi connectivity index (χ3v) is 12.9. The molecule has 7 rings (SSSR count). The largest absolute Gasteiger partial charge is 0.486 e. The van der Waals surface area contributed by atoms with Gasteiger partial charge in [0, 0.05) is 7.11 Å². The van der Waals surface area contributed by atoms with Gasteiger partial charge in [-0.15, -0.1) is 21.9 Å². The zero-order chi connectivity index (χ0) is 53.1. The van der Waals surface area contributed by atoms with Gasteiger partial charge in [-0.1, -0.05) is 48.5 Å². The van der Waals surface area contributed by atoms with Crippen LogP contribution in [0.5, 0.6) is 5.75 Å². The lowest BCUT2D eigenvalue weighted by Crippen LogP contribution is -2.81. The molecule has 7 aromatic rings. The summed E-state index contributed by atoms with van der Waals surface area (Å²) in [5, 5.41) is 0. The normalized spacial score (nSPS) is 11.6. The molecule has 380 valence electrons. The Labute approximate surface area is 395 Å². The highest BCUT2D eigenvalue weighted by atomic mass is 32.2. The molecule has 0 aliphatic heterocycles. The van der Waals surface area contributed by atoms with Crippen molar-refractivity contribution >= 4 is 38.9 Å². The molecule has 0 spiro atoms. The van der Waals surface area contributed by atoms with Crippen molar-refractivity contribution in [1.29, 1.82) is 0 Å². The van der Waals surface area contributed by atoms with E-state index in [-0.39, 0.29) is 10.9 Å². The van der Waals surface area contributed by atoms with Gasteiger partial charge in [-0.25, -0.2) is 87.8 Å². The lowest BCUT2D eigenvalue weighted by molar-refractivity contribution is 0.0540. The van der Waals surface area contributed by atoms with E-state index in [4.69, 9.17) is 14.2 Å². The molecule has 0 radical (unpaired) electrons. The van der Waals surface area contributed by atoms with Crippen LogP contribution in [0.15, 0.2) is 99.6 Å². The maximum Gasteiger partial charge on any atom is 0.208 e. The smallest absolute Gasteiger partial charge is 0.208 e. The molecule has 0 N–H and O–H groups in total. The number of hydrogen-bond acceptors (Lipinski definition) is 3. The Kier molecular flexibility index (Phi) is 17.0. The first kappa shape index (κ1) is 54.6. The fourth-order valence-electron chi connectivity index (χ4n) is 7.57. The van der Waals surface area contributed by atoms with Gasteiger partial charge >= 0.3 is 0 Å². The minimum Gasteiger partial charge on any atom is -0.486 e. The zero-order valence-electron chi connectivity index (χ0n) is 35.7. The van der Waals surface area contributed by atoms with Crippen molar-refractivity contribution in [3.05, 3.63) is 201 Å². The molecule has 0 heterocycles. The summed E-state index contributed by atoms with van der Waals surface area (Å²) in [4.78, 5) is 3.74. The molecule has 25 heteroatoms. The first-order valence-corrected chi connectivity index (χ1v) is 21.2. The van der Waals surface area contributed by atoms with E-state index >= 15 is 35.1 Å². The van der Waals surface area contributed by atoms with E-state index in [1.54, 1.807) is 7.11 Å². The van der Waals surface area contributed by atoms with Crippen LogP contribution < -0.4 is 26.6 Å². The van der Waals surface area contributed by atoms with E-state index in [1.807, 2.05) is 12.1 Å². The minimum absolute atomic E-state index is 0.222. The SMILES string of the molecule is COCCOCCOc1ccccc1[S+](c1ccccc1)c1ccccc1.Fc1c(F)c(F)c([B-](c2c(F)c(F)c(F)c(F)c2F)(c2c(F)c(F)c(F)c(F)c2F)c2c(F)c(F)c(F)c(F)c2F)c(F)c1F. The quantitative estimate of drug-likeness (QED) is 0.0271. The maximum atomic E-state index is 15.4. The molecule has 0 unspecified atom stereocenters. The van der Waals surface area contributed by atoms with Gasteiger partial charge in [-0.05, 0) is 36.4 Å². The highest BCUT2D eigenvalue weighted by molar-refractivity contribution is 7.97. The number of benzene rings is 7. The van der Waals surface area contributed by atoms with E-state index in [2.05, 4.69) is 72.8 Å². The molecule has 7 aromatic carbocycles. The van der Waals surface area contributed by atoms with Gasteiger partial charge in [0.1, 0.15) is 70.2 Å². The monoisotopic (exact) mass is 1060 g/mol. The van der Waals surface area contributed by atoms with Crippen LogP contribution >= 0.6 is 0 Å². The molecule has 0 aliphatic rings. The summed E-state index contributed by atoms with van der Waals surface area (Å²) >= 11 is 0. The Morgan fingerprint density at radius 3 is 0.889 bits per heavy atom. The van der Waals surface area contributed by atoms with E-state index < -0.39 is 144 Å². The number of ether oxygens (including phenoxy) is 3. The molecule has 0 atom stereocenters. The van der Waals surface area contributed by atoms with Crippen LogP contribution in [0.1, 0.15) is 0 Å². The van der Waals surface area contributed by atoms with Crippen LogP contribution in [0, 0.1) is 116 Å². The Bertz CT molecular complexity index is 2730. The molecule has 0 saturated carbocycles. The third-order valence-electron chi connectivity index (χ3n) is 10.7. The highest BCUT2D eigenvalue weighted by Crippen LogP contribution is 2.37. The highest BCUT2D eigenvalue weighted by Gasteiger charge is 2.52. The number of rotatable bonds is 14. The van der Waals surface area contributed by atoms with Crippen molar-refractivity contribution in [1.82, 2.24) is 0 Å². The molecule has 0 aliphatic carbocycles. The zero-order valence-corrected chi connectivity index (χ0v) is 36.5. The lowest BCUT2D eigenvalue weighted by atomic mass is 9.12. The number of halogens is 20. The average Bonchev–Trinajstić information content (AvgIpc) is 3.38. The number of para-hydroxylation sites is 1. The molecular weight excluding hydrogens is 1040 g/mol. The first-order chi connectivity index (χ1) is 34.1. The number of hydrogen-bond donors (Lipinski definition) is 0. The summed E-state index contributed by atoms with van der Waals surface area (Å²) < 4.78 is 311. The topological polar surface area (TPSA) is 27.7 Å². The standard InChI is InChI=1S/C24BF20.C23H25O3S/c26-5-1(6(27)14(35)21(42)13(5)34)25(2-7(28)15(36)22(43)16(37)8(2)29,3-9(30)17(38)23(44)18(39)10(3)31)4-11(32)19(40)24(45)20(41)12(4)33;1-24-16-17-25-18-19-26-22-14-8-9-15-23(22)27(20-10-4-2-5-11-20)21-12-6-3-7-13-21/h;2-15H,16-19H2,1H3/q-1;+1. The fourth-order valence-corrected chi connectivity index (χ4v) is 9.75. The first-order valence-electron chi connectivity index (χ1n) is 20.0. The van der Waals surface area contributed by atoms with E-state index in [1.165, 1.54) is 14.7 Å². The Hall–Kier alpha value is -6.73. The van der Waals surface area contributed by atoms with Crippen LogP contribution in [0.3, 0.4) is 0 Å². The summed E-state index contributed by atoms with van der Waals surface area (Å²) in [6.07, 6.45) is -7.22. The summed E-state index contributed by atoms with van der Waals surface area (Å²) in [5.74, 6) is -70.5. The van der Waals surface area contributed by atoms with Gasteiger partial charge in [-0.2, -0.15) is 0 Å². The Balaban J connectivity index is 0.000000266. The molecule has 72 heavy (non-hydrogen) atoms. The Morgan fingerprint density at radius 2 is 0.583 bits per heavy atom. The summed E-state index contributed by atoms with van der Waals surface area (Å²) in [7, 11) is 1.45. The maximum absolute atomic E-state index is 15.4. The minimum atomic E-state index is -7.22. The van der Waals surface area contributed by atoms with Gasteiger partial charge in [0.15, 0.2) is 85.3 Å². The number of methoxy groups -OCH3 is 1. The van der Waals surface area contributed by atoms with Gasteiger partial charge < -0.3 is 14.2 Å². The van der Waals surface area contributed by atoms with Crippen molar-refractivity contribution in [3.63, 3.8) is 0 Å². The van der Waals surface area contributed by atoms with Crippen LogP contribution in [0.25, 0.3) is 0 Å². The second-order valence-corrected chi connectivity index (χ2v) is 16.6. The van der Waals surface area contributed by atoms with Gasteiger partial charge in [-0.3, -0.25) is 0 Å². The third kappa shape index (κ3) is 9.55. The molecule has 0 aromatic heterocycles.